The van der Waals surface area contributed by atoms with Gasteiger partial charge in [0.1, 0.15) is 0 Å². The molecule has 9 rings (SSSR count). The quantitative estimate of drug-likeness (QED) is 0.129. The van der Waals surface area contributed by atoms with Gasteiger partial charge in [-0.25, -0.2) is 0 Å². The van der Waals surface area contributed by atoms with Gasteiger partial charge in [-0.1, -0.05) is 24.3 Å². The molecule has 0 radical (unpaired) electrons. The Morgan fingerprint density at radius 3 is 1.10 bits per heavy atom. The van der Waals surface area contributed by atoms with Crippen LogP contribution < -0.4 is 0 Å². The van der Waals surface area contributed by atoms with E-state index in [0.29, 0.717) is 16.8 Å². The Hall–Kier alpha value is -6.89. The van der Waals surface area contributed by atoms with Gasteiger partial charge in [-0.05, 0) is 0 Å². The van der Waals surface area contributed by atoms with Crippen molar-refractivity contribution in [3.8, 4) is 45.6 Å². The van der Waals surface area contributed by atoms with Crippen LogP contribution in [0.3, 0.4) is 0 Å². The van der Waals surface area contributed by atoms with Crippen LogP contribution in [-0.2, 0) is 10.5 Å². The van der Waals surface area contributed by atoms with E-state index in [1.807, 2.05) is 4.98 Å². The Morgan fingerprint density at radius 2 is 0.717 bits per heavy atom. The summed E-state index contributed by atoms with van der Waals surface area (Å²) in [7, 11) is 0. The summed E-state index contributed by atoms with van der Waals surface area (Å²) >= 11 is 0. The van der Waals surface area contributed by atoms with Crippen molar-refractivity contribution in [2.45, 2.75) is 0 Å². The molecule has 324 valence electrons. The number of hydrogen-bond donors (Lipinski definition) is 2. The fourth-order valence-corrected chi connectivity index (χ4v) is 7.39. The Balaban J connectivity index is 1.51. The van der Waals surface area contributed by atoms with Gasteiger partial charge >= 0.3 is 275 Å². The number of aromatic nitrogens is 8. The van der Waals surface area contributed by atoms with Crippen LogP contribution in [-0.4, -0.2) is 45.8 Å². The Morgan fingerprint density at radius 1 is 0.400 bits per heavy atom. The SMILES string of the molecule is O=C([O][Cu]([F])([F])([F])([F])([F])([F])([F])([F])([F])([F])([F])([F])([F])([F])([F])[F])c1cccc2c3nc4nc(nc5[nH]c(nc6nc(nc([nH]3)c12)-c1ccccc1-6)c1ccccc51)-c1ccccc1-4. The molecule has 60 heavy (non-hydrogen) atoms. The first kappa shape index (κ1) is 38.6. The molecule has 8 bridgehead atoms. The molecule has 0 amide bonds. The molecular formula is C33H17CuF16N8O2. The summed E-state index contributed by atoms with van der Waals surface area (Å²) in [6.07, 6.45) is 0. The topological polar surface area (TPSA) is 135 Å². The van der Waals surface area contributed by atoms with Crippen LogP contribution in [0, 0.1) is 0 Å². The number of H-pyrrole nitrogens is 2. The number of fused-ring (bicyclic) bond motifs is 20. The van der Waals surface area contributed by atoms with Crippen LogP contribution in [0.15, 0.2) is 91.0 Å². The molecule has 4 aromatic carbocycles. The number of aromatic amines is 2. The van der Waals surface area contributed by atoms with Crippen molar-refractivity contribution in [1.82, 2.24) is 39.9 Å². The normalized spacial score (nSPS) is 28.7. The Labute approximate surface area is 304 Å². The summed E-state index contributed by atoms with van der Waals surface area (Å²) in [6.45, 7) is -33.3. The van der Waals surface area contributed by atoms with Gasteiger partial charge in [0.05, 0.1) is 0 Å². The van der Waals surface area contributed by atoms with E-state index in [0.717, 1.165) is 0 Å². The first-order chi connectivity index (χ1) is 25.0. The van der Waals surface area contributed by atoms with Gasteiger partial charge in [0.25, 0.3) is 0 Å². The molecule has 0 aliphatic carbocycles. The first-order valence-electron chi connectivity index (χ1n) is 15.5. The molecule has 2 N–H and O–H groups in total. The molecule has 0 saturated carbocycles. The monoisotopic (exact) mass is 924 g/mol. The number of rotatable bonds is 2. The van der Waals surface area contributed by atoms with Crippen molar-refractivity contribution >= 4 is 50.1 Å². The molecule has 0 spiro atoms. The van der Waals surface area contributed by atoms with Crippen molar-refractivity contribution in [1.29, 1.82) is 0 Å². The summed E-state index contributed by atoms with van der Waals surface area (Å²) in [4.78, 5) is 42.6. The second kappa shape index (κ2) is 3.17. The van der Waals surface area contributed by atoms with Gasteiger partial charge in [-0.3, -0.25) is 0 Å². The predicted octanol–water partition coefficient (Wildman–Crippen LogP) is 13.2. The van der Waals surface area contributed by atoms with E-state index in [2.05, 4.69) is 34.9 Å². The fourth-order valence-electron chi connectivity index (χ4n) is 6.23. The summed E-state index contributed by atoms with van der Waals surface area (Å²) in [5, 5.41) is -2.62. The molecule has 10 nitrogen and oxygen atoms in total. The fraction of sp³-hybridized carbons (Fsp3) is 0. The van der Waals surface area contributed by atoms with Crippen LogP contribution in [0.2, 0.25) is 0 Å². The third-order valence-corrected chi connectivity index (χ3v) is 9.56. The summed E-state index contributed by atoms with van der Waals surface area (Å²) in [5.41, 5.74) is -6.01. The summed E-state index contributed by atoms with van der Waals surface area (Å²) < 4.78 is 213. The van der Waals surface area contributed by atoms with Crippen LogP contribution in [0.1, 0.15) is 10.4 Å². The minimum absolute atomic E-state index is 0.0226. The Kier molecular flexibility index (Phi) is 2.04. The van der Waals surface area contributed by atoms with Gasteiger partial charge in [0.15, 0.2) is 0 Å². The predicted molar refractivity (Wildman–Crippen MR) is 179 cm³/mol. The third kappa shape index (κ3) is 8.07. The van der Waals surface area contributed by atoms with E-state index >= 15 is 0 Å². The van der Waals surface area contributed by atoms with Crippen molar-refractivity contribution in [3.05, 3.63) is 96.6 Å². The molecule has 0 atom stereocenters. The number of hydrogen-bond acceptors (Lipinski definition) is 8. The van der Waals surface area contributed by atoms with Gasteiger partial charge in [-0.2, -0.15) is 0 Å². The van der Waals surface area contributed by atoms with Crippen molar-refractivity contribution in [3.63, 3.8) is 0 Å². The standard InChI is InChI=1S/C33H18N8O2.Cu.16FH/c42-33(43)23-15-7-14-22-24(23)32-40-30-21-13-6-5-12-20(21)28(38-30)36-26-17-9-2-1-8-16(17)25(34-26)35-27-18-10-3-4-11-19(18)29(37-27)39-31(22)41-32;;;;;;;;;;;;;;;;;/h1-15H,(H,42,43)(H2,34,35,36,37,38,39,40,41);;16*1H/q;+17;;;;;;;;;;;;;;;;/p-17. The zero-order valence-electron chi connectivity index (χ0n) is 28.5. The van der Waals surface area contributed by atoms with E-state index in [9.17, 15) is 61.6 Å². The number of carbonyl (C=O) groups excluding carboxylic acids is 1. The average Bonchev–Trinajstić information content (AvgIpc) is 3.77. The number of carbonyl (C=O) groups is 1. The summed E-state index contributed by atoms with van der Waals surface area (Å²) in [6, 6.07) is 16.7. The zero-order valence-corrected chi connectivity index (χ0v) is 29.5. The zero-order chi connectivity index (χ0) is 44.6. The molecule has 2 aliphatic rings. The van der Waals surface area contributed by atoms with Gasteiger partial charge in [0, 0.05) is 5.39 Å². The maximum absolute atomic E-state index is 33.3. The molecule has 3 aromatic heterocycles. The molecule has 27 heteroatoms. The third-order valence-electron chi connectivity index (χ3n) is 8.23. The van der Waals surface area contributed by atoms with Gasteiger partial charge in [-0.15, -0.1) is 0 Å². The number of nitrogens with one attached hydrogen (secondary N) is 2. The number of halogens is 16. The minimum atomic E-state index is -33.3. The second-order valence-electron chi connectivity index (χ2n) is 16.2. The molecule has 5 heterocycles. The average molecular weight is 925 g/mol. The number of benzene rings is 4. The van der Waals surface area contributed by atoms with Crippen LogP contribution >= 0.6 is 0 Å². The molecule has 2 aliphatic heterocycles. The van der Waals surface area contributed by atoms with Gasteiger partial charge < -0.3 is 0 Å². The van der Waals surface area contributed by atoms with Crippen LogP contribution in [0.4, 0.5) is 56.8 Å². The van der Waals surface area contributed by atoms with Gasteiger partial charge in [0.2, 0.25) is 0 Å². The molecular weight excluding hydrogens is 908 g/mol. The number of nitrogens with zero attached hydrogens (tertiary/aromatic N) is 6. The van der Waals surface area contributed by atoms with Crippen molar-refractivity contribution < 1.29 is 72.2 Å². The van der Waals surface area contributed by atoms with Crippen LogP contribution in [0.25, 0.3) is 89.7 Å². The van der Waals surface area contributed by atoms with E-state index in [1.54, 1.807) is 24.3 Å². The molecule has 0 fully saturated rings. The first-order valence-corrected chi connectivity index (χ1v) is 21.6. The van der Waals surface area contributed by atoms with E-state index < -0.39 is 61.8 Å². The van der Waals surface area contributed by atoms with Crippen molar-refractivity contribution in [2.24, 2.45) is 0 Å². The van der Waals surface area contributed by atoms with Crippen molar-refractivity contribution in [2.75, 3.05) is 0 Å². The molecule has 0 saturated heterocycles. The Bertz CT molecular complexity index is 4240. The van der Waals surface area contributed by atoms with Crippen LogP contribution in [0.5, 0.6) is 0 Å². The van der Waals surface area contributed by atoms with E-state index in [1.165, 1.54) is 48.5 Å². The van der Waals surface area contributed by atoms with E-state index in [-0.39, 0.29) is 51.3 Å². The second-order valence-corrected chi connectivity index (χ2v) is 34.9. The summed E-state index contributed by atoms with van der Waals surface area (Å²) in [5.74, 6) is -8.35. The maximum atomic E-state index is 13.4. The van der Waals surface area contributed by atoms with E-state index in [4.69, 9.17) is 0 Å². The molecule has 7 aromatic rings. The molecule has 0 unspecified atom stereocenters.